The van der Waals surface area contributed by atoms with Crippen LogP contribution in [0.2, 0.25) is 0 Å². The molecule has 1 aromatic carbocycles. The van der Waals surface area contributed by atoms with Crippen LogP contribution in [0.1, 0.15) is 40.7 Å². The topological polar surface area (TPSA) is 117 Å². The van der Waals surface area contributed by atoms with E-state index in [1.165, 1.54) is 18.0 Å². The van der Waals surface area contributed by atoms with Gasteiger partial charge in [0.15, 0.2) is 0 Å². The van der Waals surface area contributed by atoms with E-state index < -0.39 is 0 Å². The van der Waals surface area contributed by atoms with Crippen LogP contribution in [0.25, 0.3) is 16.5 Å². The highest BCUT2D eigenvalue weighted by Gasteiger charge is 2.25. The average molecular weight is 415 g/mol. The predicted molar refractivity (Wildman–Crippen MR) is 124 cm³/mol. The van der Waals surface area contributed by atoms with Crippen molar-refractivity contribution in [2.45, 2.75) is 31.7 Å². The maximum absolute atomic E-state index is 13.0. The number of aromatic nitrogens is 2. The van der Waals surface area contributed by atoms with Gasteiger partial charge in [-0.05, 0) is 61.1 Å². The summed E-state index contributed by atoms with van der Waals surface area (Å²) < 4.78 is 0. The van der Waals surface area contributed by atoms with E-state index in [9.17, 15) is 4.79 Å². The van der Waals surface area contributed by atoms with Crippen molar-refractivity contribution >= 4 is 34.3 Å². The number of benzene rings is 1. The van der Waals surface area contributed by atoms with E-state index in [4.69, 9.17) is 11.1 Å². The van der Waals surface area contributed by atoms with Gasteiger partial charge >= 0.3 is 0 Å². The number of nitrogens with two attached hydrogens (primary N) is 1. The minimum Gasteiger partial charge on any atom is -0.404 e. The summed E-state index contributed by atoms with van der Waals surface area (Å²) in [6.45, 7) is 0.579. The van der Waals surface area contributed by atoms with E-state index in [1.54, 1.807) is 18.6 Å². The number of carbonyl (C=O) groups is 1. The summed E-state index contributed by atoms with van der Waals surface area (Å²) in [5, 5.41) is 15.0. The number of aryl methyl sites for hydroxylation is 1. The first-order valence-corrected chi connectivity index (χ1v) is 10.5. The van der Waals surface area contributed by atoms with Crippen LogP contribution in [0, 0.1) is 5.41 Å². The fourth-order valence-electron chi connectivity index (χ4n) is 3.50. The molecule has 7 heteroatoms. The molecule has 1 saturated carbocycles. The van der Waals surface area contributed by atoms with Gasteiger partial charge in [-0.1, -0.05) is 6.07 Å². The number of pyridine rings is 2. The van der Waals surface area contributed by atoms with Gasteiger partial charge in [0.2, 0.25) is 0 Å². The normalized spacial score (nSPS) is 13.7. The van der Waals surface area contributed by atoms with Gasteiger partial charge in [0.05, 0.1) is 16.8 Å². The molecule has 0 radical (unpaired) electrons. The Bertz CT molecular complexity index is 1120. The Balaban J connectivity index is 1.56. The molecule has 5 N–H and O–H groups in total. The lowest BCUT2D eigenvalue weighted by atomic mass is 10.0. The third-order valence-corrected chi connectivity index (χ3v) is 5.38. The molecule has 7 nitrogen and oxygen atoms in total. The number of anilines is 1. The molecular formula is C24H26N6O. The SMILES string of the molecule is N=CC(=CN)c1ccc2ncc(C(=O)NCCCc3ccncc3)c(NC3CC3)c2c1. The summed E-state index contributed by atoms with van der Waals surface area (Å²) in [6.07, 6.45) is 11.7. The smallest absolute Gasteiger partial charge is 0.254 e. The van der Waals surface area contributed by atoms with E-state index >= 15 is 0 Å². The third kappa shape index (κ3) is 4.88. The number of allylic oxidation sites excluding steroid dienone is 1. The Morgan fingerprint density at radius 1 is 1.23 bits per heavy atom. The van der Waals surface area contributed by atoms with Crippen molar-refractivity contribution in [1.29, 1.82) is 5.41 Å². The fraction of sp³-hybridized carbons (Fsp3) is 0.250. The molecule has 158 valence electrons. The second kappa shape index (κ2) is 9.38. The van der Waals surface area contributed by atoms with Gasteiger partial charge in [-0.2, -0.15) is 0 Å². The number of nitrogens with one attached hydrogen (secondary N) is 3. The molecule has 3 aromatic rings. The number of hydrogen-bond acceptors (Lipinski definition) is 6. The molecule has 0 spiro atoms. The molecule has 4 rings (SSSR count). The summed E-state index contributed by atoms with van der Waals surface area (Å²) >= 11 is 0. The van der Waals surface area contributed by atoms with Gasteiger partial charge in [-0.15, -0.1) is 0 Å². The van der Waals surface area contributed by atoms with E-state index in [1.807, 2.05) is 30.3 Å². The summed E-state index contributed by atoms with van der Waals surface area (Å²) in [7, 11) is 0. The first kappa shape index (κ1) is 20.5. The molecule has 1 amide bonds. The van der Waals surface area contributed by atoms with Gasteiger partial charge in [-0.25, -0.2) is 0 Å². The van der Waals surface area contributed by atoms with E-state index in [0.29, 0.717) is 23.7 Å². The molecule has 0 unspecified atom stereocenters. The number of carbonyl (C=O) groups excluding carboxylic acids is 1. The minimum atomic E-state index is -0.140. The predicted octanol–water partition coefficient (Wildman–Crippen LogP) is 3.52. The summed E-state index contributed by atoms with van der Waals surface area (Å²) in [6, 6.07) is 10.1. The van der Waals surface area contributed by atoms with E-state index in [-0.39, 0.29) is 5.91 Å². The second-order valence-corrected chi connectivity index (χ2v) is 7.68. The first-order valence-electron chi connectivity index (χ1n) is 10.5. The standard InChI is InChI=1S/C24H26N6O/c25-13-18(14-26)17-3-6-22-20(12-17)23(30-19-4-5-19)21(15-29-22)24(31)28-9-1-2-16-7-10-27-11-8-16/h3,6-8,10-15,19,25H,1-2,4-5,9,26H2,(H,28,31)(H,29,30). The molecule has 0 atom stereocenters. The van der Waals surface area contributed by atoms with Crippen molar-refractivity contribution in [3.63, 3.8) is 0 Å². The number of rotatable bonds is 9. The largest absolute Gasteiger partial charge is 0.404 e. The van der Waals surface area contributed by atoms with Crippen LogP contribution in [-0.4, -0.2) is 34.7 Å². The van der Waals surface area contributed by atoms with Crippen molar-refractivity contribution in [3.05, 3.63) is 71.8 Å². The summed E-state index contributed by atoms with van der Waals surface area (Å²) in [5.74, 6) is -0.140. The monoisotopic (exact) mass is 414 g/mol. The lowest BCUT2D eigenvalue weighted by Gasteiger charge is -2.15. The van der Waals surface area contributed by atoms with E-state index in [2.05, 4.69) is 20.6 Å². The van der Waals surface area contributed by atoms with Gasteiger partial charge < -0.3 is 21.8 Å². The van der Waals surface area contributed by atoms with Crippen LogP contribution in [-0.2, 0) is 6.42 Å². The molecule has 31 heavy (non-hydrogen) atoms. The van der Waals surface area contributed by atoms with Crippen LogP contribution in [0.15, 0.2) is 55.1 Å². The quantitative estimate of drug-likeness (QED) is 0.316. The average Bonchev–Trinajstić information content (AvgIpc) is 3.62. The summed E-state index contributed by atoms with van der Waals surface area (Å²) in [5.41, 5.74) is 10.4. The molecule has 0 bridgehead atoms. The van der Waals surface area contributed by atoms with Crippen molar-refractivity contribution in [2.24, 2.45) is 5.73 Å². The number of fused-ring (bicyclic) bond motifs is 1. The Morgan fingerprint density at radius 2 is 2.03 bits per heavy atom. The Morgan fingerprint density at radius 3 is 2.74 bits per heavy atom. The first-order chi connectivity index (χ1) is 15.2. The zero-order valence-electron chi connectivity index (χ0n) is 17.3. The van der Waals surface area contributed by atoms with Crippen molar-refractivity contribution < 1.29 is 4.79 Å². The lowest BCUT2D eigenvalue weighted by Crippen LogP contribution is -2.26. The molecule has 0 aliphatic heterocycles. The molecule has 0 saturated heterocycles. The molecule has 2 heterocycles. The third-order valence-electron chi connectivity index (χ3n) is 5.38. The second-order valence-electron chi connectivity index (χ2n) is 7.68. The van der Waals surface area contributed by atoms with Crippen LogP contribution in [0.3, 0.4) is 0 Å². The maximum Gasteiger partial charge on any atom is 0.254 e. The lowest BCUT2D eigenvalue weighted by molar-refractivity contribution is 0.0954. The highest BCUT2D eigenvalue weighted by molar-refractivity contribution is 6.11. The zero-order valence-corrected chi connectivity index (χ0v) is 17.3. The van der Waals surface area contributed by atoms with Gasteiger partial charge in [0, 0.05) is 54.6 Å². The Hall–Kier alpha value is -3.74. The molecule has 1 aliphatic rings. The molecule has 1 aliphatic carbocycles. The molecule has 2 aromatic heterocycles. The highest BCUT2D eigenvalue weighted by atomic mass is 16.1. The maximum atomic E-state index is 13.0. The van der Waals surface area contributed by atoms with Crippen molar-refractivity contribution in [1.82, 2.24) is 15.3 Å². The van der Waals surface area contributed by atoms with Crippen LogP contribution < -0.4 is 16.4 Å². The van der Waals surface area contributed by atoms with Crippen LogP contribution in [0.5, 0.6) is 0 Å². The Kier molecular flexibility index (Phi) is 6.21. The van der Waals surface area contributed by atoms with E-state index in [0.717, 1.165) is 47.8 Å². The van der Waals surface area contributed by atoms with Gasteiger partial charge in [-0.3, -0.25) is 14.8 Å². The Labute approximate surface area is 181 Å². The van der Waals surface area contributed by atoms with Crippen LogP contribution >= 0.6 is 0 Å². The number of nitrogens with zero attached hydrogens (tertiary/aromatic N) is 2. The fourth-order valence-corrected chi connectivity index (χ4v) is 3.50. The number of hydrogen-bond donors (Lipinski definition) is 4. The zero-order chi connectivity index (χ0) is 21.6. The van der Waals surface area contributed by atoms with Crippen LogP contribution in [0.4, 0.5) is 5.69 Å². The number of amides is 1. The highest BCUT2D eigenvalue weighted by Crippen LogP contribution is 2.33. The molecular weight excluding hydrogens is 388 g/mol. The van der Waals surface area contributed by atoms with Crippen molar-refractivity contribution in [3.8, 4) is 0 Å². The molecule has 1 fully saturated rings. The van der Waals surface area contributed by atoms with Gasteiger partial charge in [0.1, 0.15) is 0 Å². The van der Waals surface area contributed by atoms with Gasteiger partial charge in [0.25, 0.3) is 5.91 Å². The minimum absolute atomic E-state index is 0.140. The van der Waals surface area contributed by atoms with Crippen molar-refractivity contribution in [2.75, 3.05) is 11.9 Å². The summed E-state index contributed by atoms with van der Waals surface area (Å²) in [4.78, 5) is 21.5.